The molecule has 0 saturated heterocycles. The smallest absolute Gasteiger partial charge is 0.188 e. The molecule has 117 heavy (non-hydrogen) atoms. The molecule has 0 unspecified atom stereocenters. The Balaban J connectivity index is 0.000000125. The highest BCUT2D eigenvalue weighted by atomic mass is 79.9. The van der Waals surface area contributed by atoms with Crippen molar-refractivity contribution in [2.75, 3.05) is 0 Å². The number of ether oxygens (including phenoxy) is 2. The summed E-state index contributed by atoms with van der Waals surface area (Å²) in [6, 6.07) is 174. The number of fused-ring (bicyclic) bond motifs is 12. The summed E-state index contributed by atoms with van der Waals surface area (Å²) in [5.74, 6) is 3.94. The fraction of sp³-hybridized carbons (Fsp3) is 0.00917. The van der Waals surface area contributed by atoms with Crippen molar-refractivity contribution in [3.63, 3.8) is 0 Å². The molecule has 0 amide bonds. The van der Waals surface area contributed by atoms with Crippen LogP contribution in [0.3, 0.4) is 0 Å². The summed E-state index contributed by atoms with van der Waals surface area (Å²) >= 11 is 3.69. The highest BCUT2D eigenvalue weighted by Crippen LogP contribution is 2.46. The minimum atomic E-state index is -2.83. The first kappa shape index (κ1) is 72.7. The molecule has 0 bridgehead atoms. The van der Waals surface area contributed by atoms with E-state index in [1.807, 2.05) is 0 Å². The van der Waals surface area contributed by atoms with E-state index in [0.717, 1.165) is 56.0 Å². The maximum absolute atomic E-state index is 7.23. The highest BCUT2D eigenvalue weighted by Gasteiger charge is 2.52. The molecule has 556 valence electrons. The van der Waals surface area contributed by atoms with Crippen molar-refractivity contribution >= 4 is 153 Å². The van der Waals surface area contributed by atoms with Crippen molar-refractivity contribution in [2.45, 2.75) is 6.42 Å². The molecule has 2 aliphatic heterocycles. The lowest BCUT2D eigenvalue weighted by atomic mass is 10.0. The van der Waals surface area contributed by atoms with Gasteiger partial charge in [-0.25, -0.2) is 0 Å². The predicted molar refractivity (Wildman–Crippen MR) is 504 cm³/mol. The van der Waals surface area contributed by atoms with Crippen LogP contribution in [0, 0.1) is 0 Å². The zero-order chi connectivity index (χ0) is 78.2. The second-order valence-corrected chi connectivity index (χ2v) is 46.4. The van der Waals surface area contributed by atoms with Crippen molar-refractivity contribution in [1.82, 2.24) is 4.57 Å². The number of aromatic nitrogens is 1. The van der Waals surface area contributed by atoms with E-state index in [0.29, 0.717) is 0 Å². The van der Waals surface area contributed by atoms with Gasteiger partial charge in [-0.2, -0.15) is 0 Å². The van der Waals surface area contributed by atoms with Crippen molar-refractivity contribution < 1.29 is 9.47 Å². The lowest BCUT2D eigenvalue weighted by Crippen LogP contribution is -2.76. The number of hydrogen-bond acceptors (Lipinski definition) is 2. The van der Waals surface area contributed by atoms with E-state index in [-0.39, 0.29) is 0 Å². The summed E-state index contributed by atoms with van der Waals surface area (Å²) in [6.45, 7) is 0. The Labute approximate surface area is 696 Å². The van der Waals surface area contributed by atoms with Crippen LogP contribution in [0.5, 0.6) is 23.0 Å². The fourth-order valence-electron chi connectivity index (χ4n) is 19.6. The molecule has 18 aromatic carbocycles. The Morgan fingerprint density at radius 2 is 0.607 bits per heavy atom. The molecule has 0 N–H and O–H groups in total. The first-order valence-corrected chi connectivity index (χ1v) is 49.1. The van der Waals surface area contributed by atoms with Crippen LogP contribution < -0.4 is 92.5 Å². The molecule has 1 aromatic heterocycles. The first-order chi connectivity index (χ1) is 58.0. The largest absolute Gasteiger partial charge is 0.457 e. The van der Waals surface area contributed by atoms with E-state index in [2.05, 4.69) is 494 Å². The summed E-state index contributed by atoms with van der Waals surface area (Å²) in [7, 11) is -10.5. The van der Waals surface area contributed by atoms with Gasteiger partial charge in [-0.1, -0.05) is 441 Å². The monoisotopic (exact) mass is 1630 g/mol. The van der Waals surface area contributed by atoms with Crippen molar-refractivity contribution in [1.29, 1.82) is 0 Å². The molecule has 0 atom stereocenters. The second kappa shape index (κ2) is 31.1. The minimum absolute atomic E-state index is 0.935. The van der Waals surface area contributed by atoms with E-state index in [9.17, 15) is 0 Å². The van der Waals surface area contributed by atoms with Gasteiger partial charge in [0.1, 0.15) is 23.0 Å². The average Bonchev–Trinajstić information content (AvgIpc) is 1.57. The fourth-order valence-corrected chi connectivity index (χ4v) is 39.7. The van der Waals surface area contributed by atoms with Crippen LogP contribution in [-0.4, -0.2) is 36.9 Å². The molecule has 3 nitrogen and oxygen atoms in total. The average molecular weight is 1630 g/mol. The number of hydrogen-bond donors (Lipinski definition) is 0. The van der Waals surface area contributed by atoms with Crippen LogP contribution in [0.25, 0.3) is 38.6 Å². The molecule has 0 fully saturated rings. The van der Waals surface area contributed by atoms with Crippen LogP contribution in [0.15, 0.2) is 478 Å². The van der Waals surface area contributed by atoms with E-state index < -0.39 is 32.3 Å². The Morgan fingerprint density at radius 1 is 0.256 bits per heavy atom. The maximum Gasteiger partial charge on any atom is 0.188 e. The first-order valence-electron chi connectivity index (χ1n) is 40.3. The Bertz CT molecular complexity index is 6510. The normalized spacial score (nSPS) is 13.1. The molecule has 1 aliphatic carbocycles. The summed E-state index contributed by atoms with van der Waals surface area (Å²) < 4.78 is 17.6. The van der Waals surface area contributed by atoms with Crippen LogP contribution in [-0.2, 0) is 6.42 Å². The Hall–Kier alpha value is -13.3. The third-order valence-corrected chi connectivity index (χ3v) is 44.1. The molecule has 19 aromatic rings. The van der Waals surface area contributed by atoms with Gasteiger partial charge in [0.25, 0.3) is 0 Å². The molecule has 0 spiro atoms. The second-order valence-electron chi connectivity index (χ2n) is 30.4. The molecule has 0 saturated carbocycles. The predicted octanol–water partition coefficient (Wildman–Crippen LogP) is 16.2. The van der Waals surface area contributed by atoms with Gasteiger partial charge in [0.15, 0.2) is 32.3 Å². The molecule has 22 rings (SSSR count). The molecule has 8 heteroatoms. The molecule has 3 heterocycles. The van der Waals surface area contributed by atoms with Crippen LogP contribution in [0.1, 0.15) is 11.1 Å². The Morgan fingerprint density at radius 3 is 1.06 bits per heavy atom. The molecule has 3 aliphatic rings. The highest BCUT2D eigenvalue weighted by molar-refractivity contribution is 9.10. The van der Waals surface area contributed by atoms with Crippen LogP contribution in [0.4, 0.5) is 0 Å². The van der Waals surface area contributed by atoms with Gasteiger partial charge >= 0.3 is 0 Å². The summed E-state index contributed by atoms with van der Waals surface area (Å²) in [4.78, 5) is 0. The zero-order valence-electron chi connectivity index (χ0n) is 64.4. The SMILES string of the molecule is Brc1cccc([Si](c2ccccc2)(c2ccccc2)c2ccccc2)c1.c1ccc([Si](c2ccccc2)(c2ccccc2)c2cccc(-n3c4ccccc4c4c5c(ccc43)[Si](c3ccccc3)(c3ccccc3)c3ccccc3O5)c2)cc1.c1ccc([Si]2(c3ccccc3)c3ccccc3Oc3c2ccc2c3-c3ccccc3C2)cc1. The number of rotatable bonds is 13. The lowest BCUT2D eigenvalue weighted by Gasteiger charge is -2.40. The van der Waals surface area contributed by atoms with Gasteiger partial charge in [-0.3, -0.25) is 0 Å². The summed E-state index contributed by atoms with van der Waals surface area (Å²) in [5, 5.41) is 24.0. The van der Waals surface area contributed by atoms with E-state index in [1.54, 1.807) is 0 Å². The quantitative estimate of drug-likeness (QED) is 0.0848. The van der Waals surface area contributed by atoms with Crippen molar-refractivity contribution in [3.8, 4) is 39.8 Å². The molecule has 0 radical (unpaired) electrons. The van der Waals surface area contributed by atoms with Gasteiger partial charge in [0, 0.05) is 21.1 Å². The number of nitrogens with zero attached hydrogens (tertiary/aromatic N) is 1. The van der Waals surface area contributed by atoms with Crippen molar-refractivity contribution in [2.24, 2.45) is 0 Å². The van der Waals surface area contributed by atoms with Gasteiger partial charge in [-0.05, 0) is 155 Å². The lowest BCUT2D eigenvalue weighted by molar-refractivity contribution is 0.488. The topological polar surface area (TPSA) is 23.4 Å². The standard InChI is InChI=1S/C54H39NOSi2.C31H22OSi.C24H19BrSi/c1-6-22-41(23-7-1)57(42-24-8-2-9-25-42,43-26-10-3-11-27-43)46-32-20-21-40(39-46)55-48-34-17-16-33-47(48)53-49(55)37-38-52-54(53)56-50-35-18-19-36-51(50)58(52,44-28-12-4-13-29-44)45-30-14-5-15-31-45;1-3-12-24(13-4-1)33(25-14-5-2-6-15-25)28-18-10-9-17-27(28)32-31-29(33)20-19-23-21-22-11-7-8-16-26(22)30(23)31;25-20-11-10-18-24(19-20)26(21-12-4-1-5-13-21,22-14-6-2-7-15-22)23-16-8-3-9-17-23/h1-39H;1-20H,21H2;1-19H. The minimum Gasteiger partial charge on any atom is -0.457 e. The van der Waals surface area contributed by atoms with Crippen LogP contribution >= 0.6 is 15.9 Å². The van der Waals surface area contributed by atoms with E-state index in [4.69, 9.17) is 9.47 Å². The third-order valence-electron chi connectivity index (χ3n) is 24.4. The van der Waals surface area contributed by atoms with Gasteiger partial charge < -0.3 is 14.0 Å². The number of halogens is 1. The third kappa shape index (κ3) is 12.2. The molecular formula is C109H80BrNO2Si4. The Kier molecular flexibility index (Phi) is 19.3. The van der Waals surface area contributed by atoms with E-state index in [1.165, 1.54) is 111 Å². The summed E-state index contributed by atoms with van der Waals surface area (Å²) in [5.41, 5.74) is 8.76. The summed E-state index contributed by atoms with van der Waals surface area (Å²) in [6.07, 6.45) is 0.967. The molecular weight excluding hydrogens is 1550 g/mol. The van der Waals surface area contributed by atoms with Gasteiger partial charge in [0.2, 0.25) is 0 Å². The van der Waals surface area contributed by atoms with E-state index >= 15 is 0 Å². The zero-order valence-corrected chi connectivity index (χ0v) is 70.0. The number of benzene rings is 18. The van der Waals surface area contributed by atoms with Crippen molar-refractivity contribution in [3.05, 3.63) is 489 Å². The van der Waals surface area contributed by atoms with Gasteiger partial charge in [-0.15, -0.1) is 0 Å². The van der Waals surface area contributed by atoms with Crippen LogP contribution in [0.2, 0.25) is 0 Å². The van der Waals surface area contributed by atoms with Gasteiger partial charge in [0.05, 0.1) is 16.4 Å². The maximum atomic E-state index is 7.23. The number of para-hydroxylation sites is 3.